The Kier molecular flexibility index (Phi) is 2.31. The molecule has 0 radical (unpaired) electrons. The SMILES string of the molecule is Nc1c(-c2ccc(Cl)s2)nc2ccc(F)cn12. The number of pyridine rings is 1. The fourth-order valence-electron chi connectivity index (χ4n) is 1.66. The van der Waals surface area contributed by atoms with Crippen LogP contribution in [0.2, 0.25) is 4.34 Å². The standard InChI is InChI=1S/C11H7ClFN3S/c12-8-3-2-7(17-8)10-11(14)16-5-6(13)1-4-9(16)15-10/h1-5H,14H2. The van der Waals surface area contributed by atoms with Gasteiger partial charge in [-0.25, -0.2) is 9.37 Å². The summed E-state index contributed by atoms with van der Waals surface area (Å²) >= 11 is 7.26. The molecule has 0 saturated carbocycles. The van der Waals surface area contributed by atoms with E-state index in [1.165, 1.54) is 28.0 Å². The number of halogens is 2. The summed E-state index contributed by atoms with van der Waals surface area (Å²) in [6.07, 6.45) is 1.32. The number of nitrogens with zero attached hydrogens (tertiary/aromatic N) is 2. The number of aromatic nitrogens is 2. The van der Waals surface area contributed by atoms with E-state index in [4.69, 9.17) is 17.3 Å². The van der Waals surface area contributed by atoms with Crippen LogP contribution in [0.5, 0.6) is 0 Å². The lowest BCUT2D eigenvalue weighted by molar-refractivity contribution is 0.619. The second kappa shape index (κ2) is 3.72. The van der Waals surface area contributed by atoms with Gasteiger partial charge < -0.3 is 5.73 Å². The first kappa shape index (κ1) is 10.6. The van der Waals surface area contributed by atoms with Crippen molar-refractivity contribution >= 4 is 34.4 Å². The monoisotopic (exact) mass is 267 g/mol. The Hall–Kier alpha value is -1.59. The van der Waals surface area contributed by atoms with Crippen LogP contribution in [0.25, 0.3) is 16.2 Å². The van der Waals surface area contributed by atoms with Crippen molar-refractivity contribution in [1.29, 1.82) is 0 Å². The number of thiophene rings is 1. The number of hydrogen-bond donors (Lipinski definition) is 1. The molecule has 0 atom stereocenters. The quantitative estimate of drug-likeness (QED) is 0.734. The fraction of sp³-hybridized carbons (Fsp3) is 0. The molecular weight excluding hydrogens is 261 g/mol. The molecule has 2 N–H and O–H groups in total. The largest absolute Gasteiger partial charge is 0.383 e. The van der Waals surface area contributed by atoms with Crippen LogP contribution in [0.3, 0.4) is 0 Å². The summed E-state index contributed by atoms with van der Waals surface area (Å²) in [6, 6.07) is 6.57. The molecule has 3 rings (SSSR count). The van der Waals surface area contributed by atoms with Gasteiger partial charge in [-0.1, -0.05) is 11.6 Å². The van der Waals surface area contributed by atoms with E-state index in [2.05, 4.69) is 4.98 Å². The lowest BCUT2D eigenvalue weighted by Gasteiger charge is -1.96. The van der Waals surface area contributed by atoms with Crippen molar-refractivity contribution in [3.05, 3.63) is 40.6 Å². The topological polar surface area (TPSA) is 43.3 Å². The molecule has 0 aliphatic heterocycles. The molecule has 0 fully saturated rings. The molecule has 0 aliphatic rings. The van der Waals surface area contributed by atoms with Gasteiger partial charge in [0.2, 0.25) is 0 Å². The van der Waals surface area contributed by atoms with E-state index in [1.807, 2.05) is 6.07 Å². The van der Waals surface area contributed by atoms with E-state index in [9.17, 15) is 4.39 Å². The van der Waals surface area contributed by atoms with Crippen LogP contribution in [-0.2, 0) is 0 Å². The number of rotatable bonds is 1. The Bertz CT molecular complexity index is 704. The van der Waals surface area contributed by atoms with E-state index in [0.717, 1.165) is 4.88 Å². The van der Waals surface area contributed by atoms with E-state index >= 15 is 0 Å². The number of nitrogen functional groups attached to an aromatic ring is 1. The second-order valence-electron chi connectivity index (χ2n) is 3.52. The second-order valence-corrected chi connectivity index (χ2v) is 5.24. The minimum atomic E-state index is -0.350. The summed E-state index contributed by atoms with van der Waals surface area (Å²) < 4.78 is 15.3. The minimum Gasteiger partial charge on any atom is -0.383 e. The van der Waals surface area contributed by atoms with Crippen LogP contribution in [0.4, 0.5) is 10.2 Å². The van der Waals surface area contributed by atoms with Crippen LogP contribution in [0, 0.1) is 5.82 Å². The maximum absolute atomic E-state index is 13.1. The van der Waals surface area contributed by atoms with Crippen molar-refractivity contribution in [3.8, 4) is 10.6 Å². The predicted molar refractivity (Wildman–Crippen MR) is 67.9 cm³/mol. The maximum Gasteiger partial charge on any atom is 0.140 e. The third kappa shape index (κ3) is 1.67. The van der Waals surface area contributed by atoms with Crippen molar-refractivity contribution in [2.45, 2.75) is 0 Å². The summed E-state index contributed by atoms with van der Waals surface area (Å²) in [6.45, 7) is 0. The number of fused-ring (bicyclic) bond motifs is 1. The van der Waals surface area contributed by atoms with Crippen LogP contribution in [0.15, 0.2) is 30.5 Å². The van der Waals surface area contributed by atoms with E-state index in [1.54, 1.807) is 12.1 Å². The molecule has 3 heterocycles. The first-order valence-corrected chi connectivity index (χ1v) is 6.03. The molecule has 0 saturated heterocycles. The van der Waals surface area contributed by atoms with Gasteiger partial charge in [-0.15, -0.1) is 11.3 Å². The van der Waals surface area contributed by atoms with Gasteiger partial charge in [-0.05, 0) is 24.3 Å². The average molecular weight is 268 g/mol. The summed E-state index contributed by atoms with van der Waals surface area (Å²) in [4.78, 5) is 5.23. The molecule has 86 valence electrons. The Labute approximate surface area is 105 Å². The van der Waals surface area contributed by atoms with E-state index in [-0.39, 0.29) is 5.82 Å². The predicted octanol–water partition coefficient (Wildman–Crippen LogP) is 3.44. The van der Waals surface area contributed by atoms with Crippen LogP contribution in [-0.4, -0.2) is 9.38 Å². The highest BCUT2D eigenvalue weighted by atomic mass is 35.5. The zero-order valence-electron chi connectivity index (χ0n) is 8.52. The van der Waals surface area contributed by atoms with Crippen LogP contribution < -0.4 is 5.73 Å². The highest BCUT2D eigenvalue weighted by Crippen LogP contribution is 2.34. The highest BCUT2D eigenvalue weighted by molar-refractivity contribution is 7.19. The maximum atomic E-state index is 13.1. The summed E-state index contributed by atoms with van der Waals surface area (Å²) in [5.74, 6) is 0.0652. The number of nitrogens with two attached hydrogens (primary N) is 1. The van der Waals surface area contributed by atoms with Crippen LogP contribution >= 0.6 is 22.9 Å². The first-order valence-electron chi connectivity index (χ1n) is 4.84. The molecule has 0 amide bonds. The van der Waals surface area contributed by atoms with Crippen molar-refractivity contribution < 1.29 is 4.39 Å². The van der Waals surface area contributed by atoms with E-state index < -0.39 is 0 Å². The van der Waals surface area contributed by atoms with Crippen molar-refractivity contribution in [2.24, 2.45) is 0 Å². The molecule has 3 aromatic rings. The van der Waals surface area contributed by atoms with Gasteiger partial charge in [0.25, 0.3) is 0 Å². The van der Waals surface area contributed by atoms with Crippen molar-refractivity contribution in [3.63, 3.8) is 0 Å². The van der Waals surface area contributed by atoms with Gasteiger partial charge in [-0.3, -0.25) is 4.40 Å². The lowest BCUT2D eigenvalue weighted by Crippen LogP contribution is -1.94. The Morgan fingerprint density at radius 3 is 2.82 bits per heavy atom. The van der Waals surface area contributed by atoms with Crippen molar-refractivity contribution in [1.82, 2.24) is 9.38 Å². The number of anilines is 1. The van der Waals surface area contributed by atoms with Gasteiger partial charge in [0.1, 0.15) is 23.0 Å². The molecule has 17 heavy (non-hydrogen) atoms. The van der Waals surface area contributed by atoms with Gasteiger partial charge in [0, 0.05) is 6.20 Å². The van der Waals surface area contributed by atoms with Crippen molar-refractivity contribution in [2.75, 3.05) is 5.73 Å². The average Bonchev–Trinajstić information content (AvgIpc) is 2.84. The summed E-state index contributed by atoms with van der Waals surface area (Å²) in [7, 11) is 0. The number of hydrogen-bond acceptors (Lipinski definition) is 3. The van der Waals surface area contributed by atoms with Gasteiger partial charge in [0.15, 0.2) is 0 Å². The first-order chi connectivity index (χ1) is 8.15. The van der Waals surface area contributed by atoms with Gasteiger partial charge >= 0.3 is 0 Å². The summed E-state index contributed by atoms with van der Waals surface area (Å²) in [5, 5.41) is 0. The molecule has 0 unspecified atom stereocenters. The highest BCUT2D eigenvalue weighted by Gasteiger charge is 2.13. The van der Waals surface area contributed by atoms with Gasteiger partial charge in [-0.2, -0.15) is 0 Å². The molecule has 0 aliphatic carbocycles. The molecule has 3 aromatic heterocycles. The molecule has 0 bridgehead atoms. The number of imidazole rings is 1. The molecular formula is C11H7ClFN3S. The minimum absolute atomic E-state index is 0.350. The van der Waals surface area contributed by atoms with E-state index in [0.29, 0.717) is 21.5 Å². The zero-order valence-corrected chi connectivity index (χ0v) is 10.1. The molecule has 6 heteroatoms. The van der Waals surface area contributed by atoms with Gasteiger partial charge in [0.05, 0.1) is 9.21 Å². The third-order valence-electron chi connectivity index (χ3n) is 2.43. The third-order valence-corrected chi connectivity index (χ3v) is 3.66. The summed E-state index contributed by atoms with van der Waals surface area (Å²) in [5.41, 5.74) is 7.19. The normalized spacial score (nSPS) is 11.2. The molecule has 0 aromatic carbocycles. The lowest BCUT2D eigenvalue weighted by atomic mass is 10.3. The molecule has 3 nitrogen and oxygen atoms in total. The Morgan fingerprint density at radius 2 is 2.12 bits per heavy atom. The van der Waals surface area contributed by atoms with Crippen LogP contribution in [0.1, 0.15) is 0 Å². The Balaban J connectivity index is 2.27. The fourth-order valence-corrected chi connectivity index (χ4v) is 2.70. The smallest absolute Gasteiger partial charge is 0.140 e. The Morgan fingerprint density at radius 1 is 1.29 bits per heavy atom. The zero-order chi connectivity index (χ0) is 12.0. The molecule has 0 spiro atoms.